The molecule has 1 aromatic carbocycles. The third-order valence-corrected chi connectivity index (χ3v) is 5.79. The molecule has 28 heavy (non-hydrogen) atoms. The van der Waals surface area contributed by atoms with E-state index in [4.69, 9.17) is 0 Å². The summed E-state index contributed by atoms with van der Waals surface area (Å²) >= 11 is 0. The van der Waals surface area contributed by atoms with Crippen molar-refractivity contribution in [2.75, 3.05) is 31.1 Å². The van der Waals surface area contributed by atoms with E-state index in [2.05, 4.69) is 0 Å². The SMILES string of the molecule is CC(=O)c1ccc(N2CCN(C(=O)C3CCCCC3C(F)(F)F)CC2)c(F)c1. The zero-order valence-corrected chi connectivity index (χ0v) is 15.8. The zero-order valence-electron chi connectivity index (χ0n) is 15.8. The van der Waals surface area contributed by atoms with Gasteiger partial charge in [0.1, 0.15) is 5.82 Å². The molecule has 8 heteroatoms. The first-order chi connectivity index (χ1) is 13.2. The van der Waals surface area contributed by atoms with Crippen molar-refractivity contribution in [1.82, 2.24) is 4.90 Å². The summed E-state index contributed by atoms with van der Waals surface area (Å²) in [5.74, 6) is -3.76. The van der Waals surface area contributed by atoms with E-state index < -0.39 is 29.7 Å². The number of piperazine rings is 1. The predicted octanol–water partition coefficient (Wildman–Crippen LogP) is 4.05. The van der Waals surface area contributed by atoms with Crippen molar-refractivity contribution >= 4 is 17.4 Å². The van der Waals surface area contributed by atoms with E-state index >= 15 is 0 Å². The molecule has 1 saturated carbocycles. The minimum atomic E-state index is -4.36. The summed E-state index contributed by atoms with van der Waals surface area (Å²) in [6.45, 7) is 2.55. The fourth-order valence-corrected chi connectivity index (χ4v) is 4.20. The van der Waals surface area contributed by atoms with Crippen LogP contribution in [-0.4, -0.2) is 48.9 Å². The summed E-state index contributed by atoms with van der Waals surface area (Å²) in [4.78, 5) is 27.3. The maximum atomic E-state index is 14.3. The van der Waals surface area contributed by atoms with Gasteiger partial charge >= 0.3 is 6.18 Å². The minimum absolute atomic E-state index is 0.00752. The maximum absolute atomic E-state index is 14.3. The molecule has 2 fully saturated rings. The number of rotatable bonds is 3. The summed E-state index contributed by atoms with van der Waals surface area (Å²) in [5, 5.41) is 0. The van der Waals surface area contributed by atoms with Gasteiger partial charge in [-0.15, -0.1) is 0 Å². The Balaban J connectivity index is 1.65. The molecule has 0 radical (unpaired) electrons. The summed E-state index contributed by atoms with van der Waals surface area (Å²) in [6.07, 6.45) is -2.95. The smallest absolute Gasteiger partial charge is 0.366 e. The summed E-state index contributed by atoms with van der Waals surface area (Å²) < 4.78 is 54.2. The van der Waals surface area contributed by atoms with Crippen LogP contribution < -0.4 is 4.90 Å². The first-order valence-corrected chi connectivity index (χ1v) is 9.59. The van der Waals surface area contributed by atoms with Crippen LogP contribution in [0.4, 0.5) is 23.2 Å². The van der Waals surface area contributed by atoms with Gasteiger partial charge in [-0.3, -0.25) is 9.59 Å². The van der Waals surface area contributed by atoms with E-state index in [1.807, 2.05) is 0 Å². The minimum Gasteiger partial charge on any atom is -0.366 e. The van der Waals surface area contributed by atoms with Gasteiger partial charge in [0.2, 0.25) is 5.91 Å². The summed E-state index contributed by atoms with van der Waals surface area (Å²) in [7, 11) is 0. The number of carbonyl (C=O) groups excluding carboxylic acids is 2. The predicted molar refractivity (Wildman–Crippen MR) is 96.7 cm³/mol. The van der Waals surface area contributed by atoms with Gasteiger partial charge in [0.15, 0.2) is 5.78 Å². The Morgan fingerprint density at radius 1 is 1.04 bits per heavy atom. The van der Waals surface area contributed by atoms with Gasteiger partial charge in [-0.25, -0.2) is 4.39 Å². The van der Waals surface area contributed by atoms with Crippen molar-refractivity contribution < 1.29 is 27.2 Å². The Morgan fingerprint density at radius 2 is 1.68 bits per heavy atom. The van der Waals surface area contributed by atoms with Crippen LogP contribution in [0.25, 0.3) is 0 Å². The number of benzene rings is 1. The molecule has 3 rings (SSSR count). The molecule has 0 N–H and O–H groups in total. The average molecular weight is 400 g/mol. The van der Waals surface area contributed by atoms with Crippen LogP contribution in [0.2, 0.25) is 0 Å². The molecule has 0 spiro atoms. The van der Waals surface area contributed by atoms with Crippen LogP contribution >= 0.6 is 0 Å². The molecular weight excluding hydrogens is 376 g/mol. The van der Waals surface area contributed by atoms with Gasteiger partial charge in [-0.1, -0.05) is 12.8 Å². The van der Waals surface area contributed by atoms with Gasteiger partial charge < -0.3 is 9.80 Å². The van der Waals surface area contributed by atoms with Crippen molar-refractivity contribution in [2.24, 2.45) is 11.8 Å². The second-order valence-electron chi connectivity index (χ2n) is 7.57. The molecular formula is C20H24F4N2O2. The highest BCUT2D eigenvalue weighted by Gasteiger charge is 2.49. The number of carbonyl (C=O) groups is 2. The Hall–Kier alpha value is -2.12. The number of Topliss-reactive ketones (excluding diaryl/α,β-unsaturated/α-hetero) is 1. The average Bonchev–Trinajstić information content (AvgIpc) is 2.67. The highest BCUT2D eigenvalue weighted by molar-refractivity contribution is 5.94. The number of ketones is 1. The van der Waals surface area contributed by atoms with Crippen LogP contribution in [0.1, 0.15) is 43.0 Å². The molecule has 1 aliphatic heterocycles. The van der Waals surface area contributed by atoms with Gasteiger partial charge in [0, 0.05) is 37.7 Å². The fourth-order valence-electron chi connectivity index (χ4n) is 4.20. The molecule has 154 valence electrons. The van der Waals surface area contributed by atoms with E-state index in [0.717, 1.165) is 0 Å². The Morgan fingerprint density at radius 3 is 2.25 bits per heavy atom. The standard InChI is InChI=1S/C20H24F4N2O2/c1-13(27)14-6-7-18(17(21)12-14)25-8-10-26(11-9-25)19(28)15-4-2-3-5-16(15)20(22,23)24/h6-7,12,15-16H,2-5,8-11H2,1H3. The summed E-state index contributed by atoms with van der Waals surface area (Å²) in [5.41, 5.74) is 0.619. The first-order valence-electron chi connectivity index (χ1n) is 9.59. The lowest BCUT2D eigenvalue weighted by Crippen LogP contribution is -2.52. The third-order valence-electron chi connectivity index (χ3n) is 5.79. The van der Waals surface area contributed by atoms with E-state index in [0.29, 0.717) is 31.6 Å². The molecule has 1 aliphatic carbocycles. The number of halogens is 4. The first kappa shape index (κ1) is 20.6. The molecule has 0 aromatic heterocycles. The van der Waals surface area contributed by atoms with Crippen LogP contribution in [0.5, 0.6) is 0 Å². The van der Waals surface area contributed by atoms with Crippen LogP contribution in [0.3, 0.4) is 0 Å². The largest absolute Gasteiger partial charge is 0.392 e. The molecule has 1 saturated heterocycles. The number of hydrogen-bond acceptors (Lipinski definition) is 3. The maximum Gasteiger partial charge on any atom is 0.392 e. The lowest BCUT2D eigenvalue weighted by Gasteiger charge is -2.40. The van der Waals surface area contributed by atoms with Crippen molar-refractivity contribution in [3.63, 3.8) is 0 Å². The molecule has 2 unspecified atom stereocenters. The lowest BCUT2D eigenvalue weighted by molar-refractivity contribution is -0.201. The van der Waals surface area contributed by atoms with Crippen LogP contribution in [0, 0.1) is 17.7 Å². The van der Waals surface area contributed by atoms with Crippen molar-refractivity contribution in [2.45, 2.75) is 38.8 Å². The van der Waals surface area contributed by atoms with Crippen LogP contribution in [-0.2, 0) is 4.79 Å². The number of anilines is 1. The number of amides is 1. The zero-order chi connectivity index (χ0) is 20.5. The van der Waals surface area contributed by atoms with E-state index in [9.17, 15) is 27.2 Å². The third kappa shape index (κ3) is 4.31. The van der Waals surface area contributed by atoms with Gasteiger partial charge in [0.05, 0.1) is 11.6 Å². The van der Waals surface area contributed by atoms with Gasteiger partial charge in [-0.2, -0.15) is 13.2 Å². The number of nitrogens with zero attached hydrogens (tertiary/aromatic N) is 2. The quantitative estimate of drug-likeness (QED) is 0.568. The molecule has 2 aliphatic rings. The van der Waals surface area contributed by atoms with E-state index in [-0.39, 0.29) is 37.3 Å². The number of hydrogen-bond donors (Lipinski definition) is 0. The highest BCUT2D eigenvalue weighted by Crippen LogP contribution is 2.42. The van der Waals surface area contributed by atoms with E-state index in [1.165, 1.54) is 24.0 Å². The van der Waals surface area contributed by atoms with Gasteiger partial charge in [-0.05, 0) is 38.0 Å². The molecule has 1 aromatic rings. The second kappa shape index (κ2) is 8.09. The Bertz CT molecular complexity index is 742. The number of alkyl halides is 3. The van der Waals surface area contributed by atoms with Crippen LogP contribution in [0.15, 0.2) is 18.2 Å². The van der Waals surface area contributed by atoms with E-state index in [1.54, 1.807) is 11.0 Å². The molecule has 2 atom stereocenters. The second-order valence-corrected chi connectivity index (χ2v) is 7.57. The topological polar surface area (TPSA) is 40.6 Å². The monoisotopic (exact) mass is 400 g/mol. The normalized spacial score (nSPS) is 23.6. The van der Waals surface area contributed by atoms with Crippen molar-refractivity contribution in [3.05, 3.63) is 29.6 Å². The van der Waals surface area contributed by atoms with Crippen molar-refractivity contribution in [1.29, 1.82) is 0 Å². The molecule has 1 heterocycles. The Labute approximate surface area is 161 Å². The molecule has 0 bridgehead atoms. The lowest BCUT2D eigenvalue weighted by atomic mass is 9.78. The molecule has 1 amide bonds. The van der Waals surface area contributed by atoms with Gasteiger partial charge in [0.25, 0.3) is 0 Å². The Kier molecular flexibility index (Phi) is 5.95. The fraction of sp³-hybridized carbons (Fsp3) is 0.600. The van der Waals surface area contributed by atoms with Crippen molar-refractivity contribution in [3.8, 4) is 0 Å². The highest BCUT2D eigenvalue weighted by atomic mass is 19.4. The molecule has 4 nitrogen and oxygen atoms in total. The summed E-state index contributed by atoms with van der Waals surface area (Å²) in [6, 6.07) is 4.27.